The molecule has 1 heterocycles. The summed E-state index contributed by atoms with van der Waals surface area (Å²) in [6, 6.07) is 7.08. The molecule has 30 heavy (non-hydrogen) atoms. The maximum Gasteiger partial charge on any atom is 0.342 e. The molecule has 1 aliphatic rings. The SMILES string of the molecule is CCOc1ccccc1NC(=O)C(C)OC(=O)c1c(NC(C)=O)sc2c1CCCC2. The molecule has 2 N–H and O–H groups in total. The lowest BCUT2D eigenvalue weighted by Crippen LogP contribution is -2.30. The zero-order valence-electron chi connectivity index (χ0n) is 17.4. The molecule has 1 aliphatic carbocycles. The summed E-state index contributed by atoms with van der Waals surface area (Å²) in [7, 11) is 0. The van der Waals surface area contributed by atoms with Gasteiger partial charge < -0.3 is 20.1 Å². The molecular weight excluding hydrogens is 404 g/mol. The minimum Gasteiger partial charge on any atom is -0.492 e. The van der Waals surface area contributed by atoms with Crippen molar-refractivity contribution in [3.8, 4) is 5.75 Å². The second-order valence-corrected chi connectivity index (χ2v) is 8.17. The average Bonchev–Trinajstić information content (AvgIpc) is 3.06. The standard InChI is InChI=1S/C22H26N2O5S/c1-4-28-17-11-7-6-10-16(17)24-20(26)13(2)29-22(27)19-15-9-5-8-12-18(15)30-21(19)23-14(3)25/h6-7,10-11,13H,4-5,8-9,12H2,1-3H3,(H,23,25)(H,24,26). The summed E-state index contributed by atoms with van der Waals surface area (Å²) in [5.74, 6) is -0.757. The van der Waals surface area contributed by atoms with E-state index < -0.39 is 18.0 Å². The Morgan fingerprint density at radius 1 is 1.13 bits per heavy atom. The first-order valence-corrected chi connectivity index (χ1v) is 10.9. The van der Waals surface area contributed by atoms with E-state index in [4.69, 9.17) is 9.47 Å². The smallest absolute Gasteiger partial charge is 0.342 e. The third kappa shape index (κ3) is 4.99. The van der Waals surface area contributed by atoms with Crippen molar-refractivity contribution >= 4 is 39.8 Å². The number of thiophene rings is 1. The summed E-state index contributed by atoms with van der Waals surface area (Å²) in [6.45, 7) is 5.25. The number of anilines is 2. The highest BCUT2D eigenvalue weighted by Gasteiger charge is 2.29. The summed E-state index contributed by atoms with van der Waals surface area (Å²) >= 11 is 1.41. The number of fused-ring (bicyclic) bond motifs is 1. The van der Waals surface area contributed by atoms with Gasteiger partial charge in [0, 0.05) is 11.8 Å². The summed E-state index contributed by atoms with van der Waals surface area (Å²) < 4.78 is 11.0. The van der Waals surface area contributed by atoms with Crippen LogP contribution in [0.25, 0.3) is 0 Å². The maximum absolute atomic E-state index is 12.9. The highest BCUT2D eigenvalue weighted by molar-refractivity contribution is 7.17. The predicted molar refractivity (Wildman–Crippen MR) is 116 cm³/mol. The van der Waals surface area contributed by atoms with E-state index in [0.29, 0.717) is 28.6 Å². The highest BCUT2D eigenvalue weighted by atomic mass is 32.1. The lowest BCUT2D eigenvalue weighted by Gasteiger charge is -2.17. The van der Waals surface area contributed by atoms with Crippen molar-refractivity contribution < 1.29 is 23.9 Å². The van der Waals surface area contributed by atoms with Gasteiger partial charge in [0.05, 0.1) is 17.9 Å². The van der Waals surface area contributed by atoms with E-state index >= 15 is 0 Å². The largest absolute Gasteiger partial charge is 0.492 e. The third-order valence-corrected chi connectivity index (χ3v) is 5.97. The molecule has 0 saturated carbocycles. The van der Waals surface area contributed by atoms with E-state index in [-0.39, 0.29) is 5.91 Å². The van der Waals surface area contributed by atoms with Crippen LogP contribution in [0.3, 0.4) is 0 Å². The Morgan fingerprint density at radius 3 is 2.60 bits per heavy atom. The third-order valence-electron chi connectivity index (χ3n) is 4.76. The second-order valence-electron chi connectivity index (χ2n) is 7.06. The quantitative estimate of drug-likeness (QED) is 0.643. The molecule has 0 fully saturated rings. The van der Waals surface area contributed by atoms with Gasteiger partial charge in [0.25, 0.3) is 5.91 Å². The second kappa shape index (κ2) is 9.75. The Hall–Kier alpha value is -2.87. The van der Waals surface area contributed by atoms with Crippen molar-refractivity contribution in [3.05, 3.63) is 40.3 Å². The van der Waals surface area contributed by atoms with Crippen LogP contribution in [0.2, 0.25) is 0 Å². The number of rotatable bonds is 7. The van der Waals surface area contributed by atoms with Crippen molar-refractivity contribution in [2.75, 3.05) is 17.2 Å². The molecule has 2 amide bonds. The molecule has 8 heteroatoms. The van der Waals surface area contributed by atoms with Gasteiger partial charge in [0.15, 0.2) is 6.10 Å². The summed E-state index contributed by atoms with van der Waals surface area (Å²) in [5, 5.41) is 5.98. The molecule has 160 valence electrons. The normalized spacial score (nSPS) is 13.7. The Balaban J connectivity index is 1.75. The van der Waals surface area contributed by atoms with Crippen LogP contribution in [0.4, 0.5) is 10.7 Å². The van der Waals surface area contributed by atoms with Gasteiger partial charge in [-0.2, -0.15) is 0 Å². The minimum absolute atomic E-state index is 0.249. The van der Waals surface area contributed by atoms with E-state index in [0.717, 1.165) is 36.1 Å². The van der Waals surface area contributed by atoms with Gasteiger partial charge in [-0.15, -0.1) is 11.3 Å². The van der Waals surface area contributed by atoms with Crippen LogP contribution in [0.15, 0.2) is 24.3 Å². The number of nitrogens with one attached hydrogen (secondary N) is 2. The molecule has 1 aromatic carbocycles. The molecule has 0 spiro atoms. The number of hydrogen-bond donors (Lipinski definition) is 2. The predicted octanol–water partition coefficient (Wildman–Crippen LogP) is 4.17. The average molecular weight is 431 g/mol. The van der Waals surface area contributed by atoms with Crippen LogP contribution in [0, 0.1) is 0 Å². The van der Waals surface area contributed by atoms with E-state index in [1.165, 1.54) is 25.2 Å². The van der Waals surface area contributed by atoms with E-state index in [9.17, 15) is 14.4 Å². The molecule has 1 aromatic heterocycles. The van der Waals surface area contributed by atoms with Crippen molar-refractivity contribution in [1.82, 2.24) is 0 Å². The highest BCUT2D eigenvalue weighted by Crippen LogP contribution is 2.38. The molecule has 1 atom stereocenters. The maximum atomic E-state index is 12.9. The fourth-order valence-electron chi connectivity index (χ4n) is 3.39. The van der Waals surface area contributed by atoms with Crippen molar-refractivity contribution in [3.63, 3.8) is 0 Å². The van der Waals surface area contributed by atoms with Gasteiger partial charge >= 0.3 is 5.97 Å². The molecular formula is C22H26N2O5S. The fraction of sp³-hybridized carbons (Fsp3) is 0.409. The number of carbonyl (C=O) groups excluding carboxylic acids is 3. The van der Waals surface area contributed by atoms with Gasteiger partial charge in [-0.25, -0.2) is 4.79 Å². The van der Waals surface area contributed by atoms with Crippen LogP contribution in [-0.2, 0) is 27.2 Å². The van der Waals surface area contributed by atoms with E-state index in [2.05, 4.69) is 10.6 Å². The van der Waals surface area contributed by atoms with Gasteiger partial charge in [-0.3, -0.25) is 9.59 Å². The first kappa shape index (κ1) is 21.8. The number of benzene rings is 1. The number of amides is 2. The summed E-state index contributed by atoms with van der Waals surface area (Å²) in [5.41, 5.74) is 1.81. The Kier molecular flexibility index (Phi) is 7.10. The molecule has 0 radical (unpaired) electrons. The molecule has 0 saturated heterocycles. The Bertz CT molecular complexity index is 953. The van der Waals surface area contributed by atoms with Crippen LogP contribution in [0.5, 0.6) is 5.75 Å². The Labute approximate surface area is 179 Å². The molecule has 3 rings (SSSR count). The molecule has 1 unspecified atom stereocenters. The zero-order valence-corrected chi connectivity index (χ0v) is 18.2. The first-order chi connectivity index (χ1) is 14.4. The number of esters is 1. The van der Waals surface area contributed by atoms with E-state index in [1.54, 1.807) is 18.2 Å². The molecule has 0 bridgehead atoms. The van der Waals surface area contributed by atoms with Crippen LogP contribution < -0.4 is 15.4 Å². The lowest BCUT2D eigenvalue weighted by atomic mass is 9.95. The lowest BCUT2D eigenvalue weighted by molar-refractivity contribution is -0.123. The number of para-hydroxylation sites is 2. The first-order valence-electron chi connectivity index (χ1n) is 10.1. The van der Waals surface area contributed by atoms with Crippen LogP contribution in [0.1, 0.15) is 54.4 Å². The minimum atomic E-state index is -1.02. The van der Waals surface area contributed by atoms with Crippen molar-refractivity contribution in [1.29, 1.82) is 0 Å². The topological polar surface area (TPSA) is 93.7 Å². The number of aryl methyl sites for hydroxylation is 1. The monoisotopic (exact) mass is 430 g/mol. The summed E-state index contributed by atoms with van der Waals surface area (Å²) in [4.78, 5) is 38.2. The Morgan fingerprint density at radius 2 is 1.87 bits per heavy atom. The van der Waals surface area contributed by atoms with Crippen molar-refractivity contribution in [2.45, 2.75) is 52.6 Å². The van der Waals surface area contributed by atoms with E-state index in [1.807, 2.05) is 13.0 Å². The van der Waals surface area contributed by atoms with Crippen LogP contribution >= 0.6 is 11.3 Å². The zero-order chi connectivity index (χ0) is 21.7. The van der Waals surface area contributed by atoms with Crippen molar-refractivity contribution in [2.24, 2.45) is 0 Å². The number of hydrogen-bond acceptors (Lipinski definition) is 6. The number of carbonyl (C=O) groups is 3. The molecule has 0 aliphatic heterocycles. The fourth-order valence-corrected chi connectivity index (χ4v) is 4.71. The summed E-state index contributed by atoms with van der Waals surface area (Å²) in [6.07, 6.45) is 2.66. The van der Waals surface area contributed by atoms with Crippen LogP contribution in [-0.4, -0.2) is 30.5 Å². The van der Waals surface area contributed by atoms with Gasteiger partial charge in [0.1, 0.15) is 10.8 Å². The van der Waals surface area contributed by atoms with Gasteiger partial charge in [0.2, 0.25) is 5.91 Å². The number of ether oxygens (including phenoxy) is 2. The molecule has 2 aromatic rings. The molecule has 7 nitrogen and oxygen atoms in total. The van der Waals surface area contributed by atoms with Gasteiger partial charge in [-0.05, 0) is 57.2 Å². The van der Waals surface area contributed by atoms with Gasteiger partial charge in [-0.1, -0.05) is 12.1 Å².